The van der Waals surface area contributed by atoms with Gasteiger partial charge >= 0.3 is 0 Å². The van der Waals surface area contributed by atoms with Crippen LogP contribution in [0.15, 0.2) is 110 Å². The molecule has 5 rings (SSSR count). The van der Waals surface area contributed by atoms with Crippen LogP contribution in [0.1, 0.15) is 46.5 Å². The van der Waals surface area contributed by atoms with Crippen molar-refractivity contribution < 1.29 is 0 Å². The lowest BCUT2D eigenvalue weighted by Gasteiger charge is -2.41. The summed E-state index contributed by atoms with van der Waals surface area (Å²) in [6, 6.07) is 28.3. The normalized spacial score (nSPS) is 14.9. The van der Waals surface area contributed by atoms with E-state index in [4.69, 9.17) is 4.98 Å². The topological polar surface area (TPSA) is 24.3 Å². The highest BCUT2D eigenvalue weighted by Gasteiger charge is 2.34. The Hall–Kier alpha value is -4.05. The van der Waals surface area contributed by atoms with Gasteiger partial charge in [-0.15, -0.1) is 0 Å². The van der Waals surface area contributed by atoms with Gasteiger partial charge < -0.3 is 14.4 Å². The van der Waals surface area contributed by atoms with Gasteiger partial charge in [-0.05, 0) is 42.2 Å². The van der Waals surface area contributed by atoms with Crippen LogP contribution in [-0.4, -0.2) is 34.6 Å². The van der Waals surface area contributed by atoms with E-state index < -0.39 is 0 Å². The zero-order chi connectivity index (χ0) is 26.8. The lowest BCUT2D eigenvalue weighted by molar-refractivity contribution is 0.238. The van der Waals surface area contributed by atoms with Gasteiger partial charge in [0.1, 0.15) is 0 Å². The summed E-state index contributed by atoms with van der Waals surface area (Å²) in [4.78, 5) is 9.49. The standard InChI is InChI=1S/C34H38N4/c1-24(2)32-20-33-30(35-23-37(33)21-27-17-18-31(36(5)6)25(3)19-27)22-38(32)26(4)34(28-13-9-7-10-14-28)29-15-11-8-12-16-29/h7-19,23,32,34H,1,4,20-22H2,2-3,5-6H3. The van der Waals surface area contributed by atoms with Crippen LogP contribution >= 0.6 is 0 Å². The van der Waals surface area contributed by atoms with Gasteiger partial charge in [0.05, 0.1) is 24.6 Å². The Morgan fingerprint density at radius 3 is 2.16 bits per heavy atom. The van der Waals surface area contributed by atoms with Crippen molar-refractivity contribution in [2.75, 3.05) is 19.0 Å². The maximum absolute atomic E-state index is 4.89. The zero-order valence-corrected chi connectivity index (χ0v) is 23.1. The average Bonchev–Trinajstić information content (AvgIpc) is 3.30. The number of aromatic nitrogens is 2. The number of hydrogen-bond acceptors (Lipinski definition) is 3. The molecule has 0 radical (unpaired) electrons. The molecule has 194 valence electrons. The number of nitrogens with zero attached hydrogens (tertiary/aromatic N) is 4. The Kier molecular flexibility index (Phi) is 7.24. The number of anilines is 1. The molecule has 1 aromatic heterocycles. The minimum Gasteiger partial charge on any atom is -0.377 e. The van der Waals surface area contributed by atoms with Crippen LogP contribution in [0.4, 0.5) is 5.69 Å². The number of benzene rings is 3. The molecule has 0 bridgehead atoms. The smallest absolute Gasteiger partial charge is 0.0955 e. The van der Waals surface area contributed by atoms with E-state index in [1.54, 1.807) is 0 Å². The molecule has 0 aliphatic carbocycles. The predicted octanol–water partition coefficient (Wildman–Crippen LogP) is 6.95. The molecule has 1 atom stereocenters. The quantitative estimate of drug-likeness (QED) is 0.244. The monoisotopic (exact) mass is 502 g/mol. The van der Waals surface area contributed by atoms with Crippen molar-refractivity contribution in [2.24, 2.45) is 0 Å². The Morgan fingerprint density at radius 2 is 1.61 bits per heavy atom. The Bertz CT molecular complexity index is 1390. The van der Waals surface area contributed by atoms with Crippen molar-refractivity contribution in [1.82, 2.24) is 14.5 Å². The fraction of sp³-hybridized carbons (Fsp3) is 0.265. The Balaban J connectivity index is 1.46. The average molecular weight is 503 g/mol. The predicted molar refractivity (Wildman–Crippen MR) is 159 cm³/mol. The summed E-state index contributed by atoms with van der Waals surface area (Å²) in [5.41, 5.74) is 11.0. The molecule has 0 saturated heterocycles. The summed E-state index contributed by atoms with van der Waals surface area (Å²) in [5.74, 6) is 0.0704. The molecule has 1 aliphatic rings. The first kappa shape index (κ1) is 25.6. The SMILES string of the molecule is C=C(C)C1Cc2c(ncn2Cc2ccc(N(C)C)c(C)c2)CN1C(=C)C(c1ccccc1)c1ccccc1. The third-order valence-electron chi connectivity index (χ3n) is 7.75. The molecule has 0 saturated carbocycles. The lowest BCUT2D eigenvalue weighted by Crippen LogP contribution is -2.42. The number of allylic oxidation sites excluding steroid dienone is 1. The highest BCUT2D eigenvalue weighted by molar-refractivity contribution is 5.53. The first-order valence-electron chi connectivity index (χ1n) is 13.3. The number of fused-ring (bicyclic) bond motifs is 1. The molecule has 38 heavy (non-hydrogen) atoms. The number of hydrogen-bond donors (Lipinski definition) is 0. The van der Waals surface area contributed by atoms with Crippen molar-refractivity contribution in [3.63, 3.8) is 0 Å². The van der Waals surface area contributed by atoms with E-state index in [-0.39, 0.29) is 12.0 Å². The highest BCUT2D eigenvalue weighted by Crippen LogP contribution is 2.38. The highest BCUT2D eigenvalue weighted by atomic mass is 15.2. The molecule has 0 fully saturated rings. The van der Waals surface area contributed by atoms with E-state index in [2.05, 4.69) is 134 Å². The molecule has 1 unspecified atom stereocenters. The van der Waals surface area contributed by atoms with E-state index in [1.165, 1.54) is 33.6 Å². The second kappa shape index (κ2) is 10.7. The van der Waals surface area contributed by atoms with Crippen molar-refractivity contribution >= 4 is 5.69 Å². The maximum Gasteiger partial charge on any atom is 0.0955 e. The molecule has 2 heterocycles. The fourth-order valence-corrected chi connectivity index (χ4v) is 5.81. The van der Waals surface area contributed by atoms with Crippen LogP contribution < -0.4 is 4.90 Å². The summed E-state index contributed by atoms with van der Waals surface area (Å²) in [6.45, 7) is 15.0. The van der Waals surface area contributed by atoms with Crippen molar-refractivity contribution in [3.8, 4) is 0 Å². The van der Waals surface area contributed by atoms with Gasteiger partial charge in [-0.2, -0.15) is 0 Å². The fourth-order valence-electron chi connectivity index (χ4n) is 5.81. The van der Waals surface area contributed by atoms with Crippen LogP contribution in [0.3, 0.4) is 0 Å². The van der Waals surface area contributed by atoms with Gasteiger partial charge in [-0.1, -0.05) is 91.5 Å². The number of aryl methyl sites for hydroxylation is 1. The minimum atomic E-state index is 0.0704. The first-order valence-corrected chi connectivity index (χ1v) is 13.3. The third-order valence-corrected chi connectivity index (χ3v) is 7.75. The van der Waals surface area contributed by atoms with E-state index in [9.17, 15) is 0 Å². The Morgan fingerprint density at radius 1 is 0.974 bits per heavy atom. The van der Waals surface area contributed by atoms with Crippen LogP contribution in [0.2, 0.25) is 0 Å². The van der Waals surface area contributed by atoms with Crippen molar-refractivity contribution in [2.45, 2.75) is 45.3 Å². The van der Waals surface area contributed by atoms with E-state index in [0.29, 0.717) is 0 Å². The maximum atomic E-state index is 4.89. The van der Waals surface area contributed by atoms with Gasteiger partial charge in [-0.3, -0.25) is 0 Å². The van der Waals surface area contributed by atoms with Crippen LogP contribution in [0, 0.1) is 6.92 Å². The molecule has 0 spiro atoms. The largest absolute Gasteiger partial charge is 0.377 e. The summed E-state index contributed by atoms with van der Waals surface area (Å²) < 4.78 is 2.32. The molecule has 4 heteroatoms. The molecule has 1 aliphatic heterocycles. The van der Waals surface area contributed by atoms with E-state index >= 15 is 0 Å². The minimum absolute atomic E-state index is 0.0704. The first-order chi connectivity index (χ1) is 18.3. The van der Waals surface area contributed by atoms with E-state index in [1.807, 2.05) is 6.33 Å². The molecule has 0 N–H and O–H groups in total. The summed E-state index contributed by atoms with van der Waals surface area (Å²) in [7, 11) is 4.18. The number of rotatable bonds is 8. The van der Waals surface area contributed by atoms with E-state index in [0.717, 1.165) is 36.5 Å². The lowest BCUT2D eigenvalue weighted by atomic mass is 9.86. The van der Waals surface area contributed by atoms with Crippen molar-refractivity contribution in [1.29, 1.82) is 0 Å². The van der Waals surface area contributed by atoms with Crippen LogP contribution in [0.5, 0.6) is 0 Å². The van der Waals surface area contributed by atoms with Gasteiger partial charge in [-0.25, -0.2) is 4.98 Å². The summed E-state index contributed by atoms with van der Waals surface area (Å²) >= 11 is 0. The third kappa shape index (κ3) is 5.04. The van der Waals surface area contributed by atoms with Gasteiger partial charge in [0, 0.05) is 50.1 Å². The second-order valence-corrected chi connectivity index (χ2v) is 10.7. The zero-order valence-electron chi connectivity index (χ0n) is 23.1. The second-order valence-electron chi connectivity index (χ2n) is 10.7. The van der Waals surface area contributed by atoms with Gasteiger partial charge in [0.15, 0.2) is 0 Å². The van der Waals surface area contributed by atoms with Crippen molar-refractivity contribution in [3.05, 3.63) is 143 Å². The molecule has 3 aromatic carbocycles. The molecule has 4 aromatic rings. The van der Waals surface area contributed by atoms with Crippen LogP contribution in [-0.2, 0) is 19.5 Å². The van der Waals surface area contributed by atoms with Gasteiger partial charge in [0.2, 0.25) is 0 Å². The molecular formula is C34H38N4. The van der Waals surface area contributed by atoms with Gasteiger partial charge in [0.25, 0.3) is 0 Å². The summed E-state index contributed by atoms with van der Waals surface area (Å²) in [6.07, 6.45) is 2.88. The summed E-state index contributed by atoms with van der Waals surface area (Å²) in [5, 5.41) is 0. The number of imidazole rings is 1. The Labute approximate surface area is 227 Å². The molecule has 4 nitrogen and oxygen atoms in total. The molecule has 0 amide bonds. The molecular weight excluding hydrogens is 464 g/mol. The van der Waals surface area contributed by atoms with Crippen LogP contribution in [0.25, 0.3) is 0 Å².